The van der Waals surface area contributed by atoms with Crippen LogP contribution >= 0.6 is 0 Å². The van der Waals surface area contributed by atoms with Crippen molar-refractivity contribution in [2.45, 2.75) is 82.3 Å². The maximum Gasteiger partial charge on any atom is 0.255 e. The van der Waals surface area contributed by atoms with Gasteiger partial charge in [-0.25, -0.2) is 0 Å². The van der Waals surface area contributed by atoms with E-state index >= 15 is 0 Å². The Hall–Kier alpha value is -2.29. The van der Waals surface area contributed by atoms with E-state index in [2.05, 4.69) is 10.2 Å². The predicted molar refractivity (Wildman–Crippen MR) is 117 cm³/mol. The summed E-state index contributed by atoms with van der Waals surface area (Å²) in [4.78, 5) is 41.4. The van der Waals surface area contributed by atoms with Gasteiger partial charge in [0.2, 0.25) is 11.8 Å². The van der Waals surface area contributed by atoms with Crippen molar-refractivity contribution in [2.75, 3.05) is 13.2 Å². The quantitative estimate of drug-likeness (QED) is 0.684. The zero-order valence-electron chi connectivity index (χ0n) is 18.4. The summed E-state index contributed by atoms with van der Waals surface area (Å²) in [6.45, 7) is 2.81. The smallest absolute Gasteiger partial charge is 0.255 e. The van der Waals surface area contributed by atoms with Gasteiger partial charge in [-0.15, -0.1) is 0 Å². The number of amides is 3. The van der Waals surface area contributed by atoms with E-state index in [1.54, 1.807) is 4.90 Å². The summed E-state index contributed by atoms with van der Waals surface area (Å²) < 4.78 is 6.12. The van der Waals surface area contributed by atoms with Crippen LogP contribution in [0.15, 0.2) is 18.2 Å². The zero-order chi connectivity index (χ0) is 22.2. The van der Waals surface area contributed by atoms with Gasteiger partial charge in [-0.1, -0.05) is 24.6 Å². The Morgan fingerprint density at radius 1 is 1.12 bits per heavy atom. The summed E-state index contributed by atoms with van der Waals surface area (Å²) in [6, 6.07) is 5.93. The molecule has 32 heavy (non-hydrogen) atoms. The zero-order valence-corrected chi connectivity index (χ0v) is 18.4. The Morgan fingerprint density at radius 2 is 2.00 bits per heavy atom. The van der Waals surface area contributed by atoms with Crippen LogP contribution in [0.2, 0.25) is 0 Å². The number of rotatable bonds is 4. The molecule has 0 bridgehead atoms. The van der Waals surface area contributed by atoms with E-state index in [0.717, 1.165) is 55.5 Å². The number of ether oxygens (including phenoxy) is 1. The van der Waals surface area contributed by atoms with Crippen molar-refractivity contribution < 1.29 is 19.1 Å². The van der Waals surface area contributed by atoms with Crippen molar-refractivity contribution in [3.63, 3.8) is 0 Å². The summed E-state index contributed by atoms with van der Waals surface area (Å²) in [7, 11) is 0. The van der Waals surface area contributed by atoms with Gasteiger partial charge in [-0.3, -0.25) is 24.6 Å². The molecule has 4 atom stereocenters. The number of nitrogens with two attached hydrogens (primary N) is 1. The van der Waals surface area contributed by atoms with Crippen LogP contribution in [0.4, 0.5) is 0 Å². The molecule has 5 rings (SSSR count). The molecule has 4 unspecified atom stereocenters. The maximum absolute atomic E-state index is 13.4. The SMILES string of the molecule is NC1CCOC(C2CCCCN2Cc2cccc3c2C(=O)N(C2CCC(=O)NC2=O)C3)C1. The van der Waals surface area contributed by atoms with Crippen LogP contribution in [0.3, 0.4) is 0 Å². The number of carbonyl (C=O) groups is 3. The van der Waals surface area contributed by atoms with Crippen LogP contribution in [0.5, 0.6) is 0 Å². The van der Waals surface area contributed by atoms with E-state index in [1.165, 1.54) is 6.42 Å². The van der Waals surface area contributed by atoms with Crippen LogP contribution in [-0.2, 0) is 27.4 Å². The summed E-state index contributed by atoms with van der Waals surface area (Å²) in [5.41, 5.74) is 8.92. The molecule has 0 aromatic heterocycles. The van der Waals surface area contributed by atoms with Crippen LogP contribution in [-0.4, -0.2) is 64.9 Å². The number of nitrogens with one attached hydrogen (secondary N) is 1. The summed E-state index contributed by atoms with van der Waals surface area (Å²) in [5, 5.41) is 2.38. The molecule has 4 aliphatic rings. The molecule has 8 nitrogen and oxygen atoms in total. The predicted octanol–water partition coefficient (Wildman–Crippen LogP) is 1.31. The lowest BCUT2D eigenvalue weighted by Gasteiger charge is -2.42. The Balaban J connectivity index is 1.35. The molecular weight excluding hydrogens is 408 g/mol. The fraction of sp³-hybridized carbons (Fsp3) is 0.625. The third-order valence-corrected chi connectivity index (χ3v) is 7.46. The van der Waals surface area contributed by atoms with Gasteiger partial charge >= 0.3 is 0 Å². The van der Waals surface area contributed by atoms with E-state index in [4.69, 9.17) is 10.5 Å². The normalized spacial score (nSPS) is 31.5. The molecule has 4 aliphatic heterocycles. The fourth-order valence-electron chi connectivity index (χ4n) is 5.80. The molecule has 4 heterocycles. The molecule has 1 aromatic rings. The Bertz CT molecular complexity index is 919. The monoisotopic (exact) mass is 440 g/mol. The molecule has 0 spiro atoms. The minimum Gasteiger partial charge on any atom is -0.376 e. The largest absolute Gasteiger partial charge is 0.376 e. The van der Waals surface area contributed by atoms with Gasteiger partial charge < -0.3 is 15.4 Å². The number of piperidine rings is 2. The Labute approximate surface area is 188 Å². The molecule has 3 saturated heterocycles. The van der Waals surface area contributed by atoms with E-state index in [1.807, 2.05) is 18.2 Å². The molecule has 3 amide bonds. The minimum absolute atomic E-state index is 0.102. The van der Waals surface area contributed by atoms with Crippen LogP contribution in [0.25, 0.3) is 0 Å². The first kappa shape index (κ1) is 21.6. The highest BCUT2D eigenvalue weighted by Gasteiger charge is 2.41. The highest BCUT2D eigenvalue weighted by Crippen LogP contribution is 2.33. The van der Waals surface area contributed by atoms with Gasteiger partial charge in [-0.2, -0.15) is 0 Å². The van der Waals surface area contributed by atoms with Crippen molar-refractivity contribution in [2.24, 2.45) is 5.73 Å². The average molecular weight is 441 g/mol. The topological polar surface area (TPSA) is 105 Å². The number of likely N-dealkylation sites (tertiary alicyclic amines) is 1. The molecular formula is C24H32N4O4. The lowest BCUT2D eigenvalue weighted by molar-refractivity contribution is -0.136. The number of hydrogen-bond acceptors (Lipinski definition) is 6. The summed E-state index contributed by atoms with van der Waals surface area (Å²) in [5.74, 6) is -0.739. The molecule has 3 N–H and O–H groups in total. The van der Waals surface area contributed by atoms with Gasteiger partial charge in [0.05, 0.1) is 6.10 Å². The van der Waals surface area contributed by atoms with Crippen molar-refractivity contribution >= 4 is 17.7 Å². The Morgan fingerprint density at radius 3 is 2.81 bits per heavy atom. The molecule has 0 saturated carbocycles. The van der Waals surface area contributed by atoms with Crippen molar-refractivity contribution in [3.05, 3.63) is 34.9 Å². The first-order valence-electron chi connectivity index (χ1n) is 11.9. The minimum atomic E-state index is -0.583. The number of hydrogen-bond donors (Lipinski definition) is 2. The molecule has 8 heteroatoms. The first-order chi connectivity index (χ1) is 15.5. The second-order valence-electron chi connectivity index (χ2n) is 9.58. The van der Waals surface area contributed by atoms with E-state index in [0.29, 0.717) is 25.6 Å². The van der Waals surface area contributed by atoms with Gasteiger partial charge in [0.15, 0.2) is 0 Å². The highest BCUT2D eigenvalue weighted by molar-refractivity contribution is 6.05. The lowest BCUT2D eigenvalue weighted by atomic mass is 9.90. The van der Waals surface area contributed by atoms with E-state index < -0.39 is 6.04 Å². The van der Waals surface area contributed by atoms with E-state index in [-0.39, 0.29) is 36.3 Å². The molecule has 3 fully saturated rings. The second kappa shape index (κ2) is 8.92. The van der Waals surface area contributed by atoms with Crippen molar-refractivity contribution in [1.29, 1.82) is 0 Å². The number of imide groups is 1. The van der Waals surface area contributed by atoms with Gasteiger partial charge in [0, 0.05) is 43.8 Å². The summed E-state index contributed by atoms with van der Waals surface area (Å²) in [6.07, 6.45) is 6.01. The highest BCUT2D eigenvalue weighted by atomic mass is 16.5. The standard InChI is InChI=1S/C24H32N4O4/c25-17-9-11-32-20(12-17)18-6-1-2-10-27(18)13-15-4-3-5-16-14-28(24(31)22(15)16)19-7-8-21(29)26-23(19)30/h3-5,17-20H,1-2,6-14,25H2,(H,26,29,30). The first-order valence-corrected chi connectivity index (χ1v) is 11.9. The third kappa shape index (κ3) is 4.07. The third-order valence-electron chi connectivity index (χ3n) is 7.46. The molecule has 0 aliphatic carbocycles. The molecule has 0 radical (unpaired) electrons. The lowest BCUT2D eigenvalue weighted by Crippen LogP contribution is -2.52. The molecule has 1 aromatic carbocycles. The fourth-order valence-corrected chi connectivity index (χ4v) is 5.80. The summed E-state index contributed by atoms with van der Waals surface area (Å²) >= 11 is 0. The average Bonchev–Trinajstić information content (AvgIpc) is 3.11. The van der Waals surface area contributed by atoms with E-state index in [9.17, 15) is 14.4 Å². The molecule has 172 valence electrons. The number of carbonyl (C=O) groups excluding carboxylic acids is 3. The van der Waals surface area contributed by atoms with Crippen molar-refractivity contribution in [3.8, 4) is 0 Å². The maximum atomic E-state index is 13.4. The number of nitrogens with zero attached hydrogens (tertiary/aromatic N) is 2. The van der Waals surface area contributed by atoms with Crippen molar-refractivity contribution in [1.82, 2.24) is 15.1 Å². The van der Waals surface area contributed by atoms with Gasteiger partial charge in [0.25, 0.3) is 5.91 Å². The number of fused-ring (bicyclic) bond motifs is 1. The van der Waals surface area contributed by atoms with Crippen LogP contribution in [0, 0.1) is 0 Å². The Kier molecular flexibility index (Phi) is 6.01. The van der Waals surface area contributed by atoms with Crippen LogP contribution in [0.1, 0.15) is 66.4 Å². The van der Waals surface area contributed by atoms with Gasteiger partial charge in [0.1, 0.15) is 6.04 Å². The van der Waals surface area contributed by atoms with Gasteiger partial charge in [-0.05, 0) is 49.8 Å². The number of benzene rings is 1. The second-order valence-corrected chi connectivity index (χ2v) is 9.58. The van der Waals surface area contributed by atoms with Crippen LogP contribution < -0.4 is 11.1 Å².